The van der Waals surface area contributed by atoms with Gasteiger partial charge in [-0.3, -0.25) is 0 Å². The summed E-state index contributed by atoms with van der Waals surface area (Å²) in [5.41, 5.74) is 1.56. The number of unbranched alkanes of at least 4 members (excludes halogenated alkanes) is 3. The molecule has 0 radical (unpaired) electrons. The Bertz CT molecular complexity index is 341. The van der Waals surface area contributed by atoms with E-state index in [2.05, 4.69) is 56.7 Å². The lowest BCUT2D eigenvalue weighted by molar-refractivity contribution is 0.210. The van der Waals surface area contributed by atoms with E-state index in [9.17, 15) is 0 Å². The molecule has 0 saturated heterocycles. The van der Waals surface area contributed by atoms with Crippen molar-refractivity contribution in [2.24, 2.45) is 0 Å². The lowest BCUT2D eigenvalue weighted by Crippen LogP contribution is -2.43. The van der Waals surface area contributed by atoms with E-state index >= 15 is 0 Å². The third-order valence-corrected chi connectivity index (χ3v) is 10.3. The molecule has 0 amide bonds. The quantitative estimate of drug-likeness (QED) is 0.358. The van der Waals surface area contributed by atoms with Crippen molar-refractivity contribution >= 4 is 24.2 Å². The Morgan fingerprint density at radius 2 is 1.85 bits per heavy atom. The predicted molar refractivity (Wildman–Crippen MR) is 96.0 cm³/mol. The van der Waals surface area contributed by atoms with Crippen LogP contribution in [0.3, 0.4) is 0 Å². The van der Waals surface area contributed by atoms with Gasteiger partial charge >= 0.3 is 0 Å². The van der Waals surface area contributed by atoms with Gasteiger partial charge in [-0.2, -0.15) is 0 Å². The Balaban J connectivity index is 2.62. The van der Waals surface area contributed by atoms with Gasteiger partial charge in [-0.15, -0.1) is 0 Å². The monoisotopic (exact) mass is 360 g/mol. The van der Waals surface area contributed by atoms with E-state index in [0.29, 0.717) is 11.1 Å². The highest BCUT2D eigenvalue weighted by molar-refractivity contribution is 9.11. The Kier molecular flexibility index (Phi) is 7.01. The van der Waals surface area contributed by atoms with Crippen LogP contribution in [0.25, 0.3) is 0 Å². The minimum Gasteiger partial charge on any atom is -0.410 e. The Hall–Kier alpha value is 0.397. The summed E-state index contributed by atoms with van der Waals surface area (Å²) < 4.78 is 8.08. The second kappa shape index (κ2) is 7.60. The minimum atomic E-state index is -1.65. The molecule has 0 aromatic rings. The standard InChI is InChI=1S/C17H33BrOSi/c1-7-8-9-10-11-14-15(18)12-13-16(14)19-20(5,6)17(2,3)4/h16H,7-13H2,1-6H3. The summed E-state index contributed by atoms with van der Waals surface area (Å²) in [5, 5.41) is 0.301. The molecule has 0 aromatic carbocycles. The molecule has 0 heterocycles. The zero-order chi connectivity index (χ0) is 15.4. The van der Waals surface area contributed by atoms with Crippen LogP contribution in [0.1, 0.15) is 72.6 Å². The highest BCUT2D eigenvalue weighted by Gasteiger charge is 2.40. The highest BCUT2D eigenvalue weighted by atomic mass is 79.9. The summed E-state index contributed by atoms with van der Waals surface area (Å²) >= 11 is 3.79. The van der Waals surface area contributed by atoms with Crippen LogP contribution in [0.2, 0.25) is 18.1 Å². The largest absolute Gasteiger partial charge is 0.410 e. The third kappa shape index (κ3) is 4.99. The first-order valence-electron chi connectivity index (χ1n) is 8.24. The molecule has 20 heavy (non-hydrogen) atoms. The molecule has 0 bridgehead atoms. The van der Waals surface area contributed by atoms with Crippen LogP contribution in [0, 0.1) is 0 Å². The van der Waals surface area contributed by atoms with Crippen LogP contribution in [-0.2, 0) is 4.43 Å². The fraction of sp³-hybridized carbons (Fsp3) is 0.882. The number of hydrogen-bond acceptors (Lipinski definition) is 1. The van der Waals surface area contributed by atoms with Crippen molar-refractivity contribution in [3.63, 3.8) is 0 Å². The van der Waals surface area contributed by atoms with Gasteiger partial charge in [0.1, 0.15) is 0 Å². The first kappa shape index (κ1) is 18.4. The molecular weight excluding hydrogens is 328 g/mol. The molecule has 1 rings (SSSR count). The maximum atomic E-state index is 6.65. The molecule has 0 spiro atoms. The fourth-order valence-corrected chi connectivity index (χ4v) is 4.48. The van der Waals surface area contributed by atoms with Crippen LogP contribution in [0.15, 0.2) is 10.1 Å². The summed E-state index contributed by atoms with van der Waals surface area (Å²) in [6.07, 6.45) is 9.29. The van der Waals surface area contributed by atoms with E-state index in [0.717, 1.165) is 0 Å². The van der Waals surface area contributed by atoms with Gasteiger partial charge < -0.3 is 4.43 Å². The molecule has 1 nitrogen and oxygen atoms in total. The van der Waals surface area contributed by atoms with Crippen LogP contribution in [-0.4, -0.2) is 14.4 Å². The summed E-state index contributed by atoms with van der Waals surface area (Å²) in [6, 6.07) is 0. The lowest BCUT2D eigenvalue weighted by Gasteiger charge is -2.39. The van der Waals surface area contributed by atoms with Gasteiger partial charge in [0.15, 0.2) is 8.32 Å². The first-order valence-corrected chi connectivity index (χ1v) is 11.9. The second-order valence-electron chi connectivity index (χ2n) is 7.65. The summed E-state index contributed by atoms with van der Waals surface area (Å²) in [7, 11) is -1.65. The van der Waals surface area contributed by atoms with Crippen molar-refractivity contribution in [3.8, 4) is 0 Å². The van der Waals surface area contributed by atoms with Crippen LogP contribution in [0.5, 0.6) is 0 Å². The SMILES string of the molecule is CCCCCCC1=C(Br)CCC1O[Si](C)(C)C(C)(C)C. The molecule has 0 aromatic heterocycles. The molecule has 118 valence electrons. The third-order valence-electron chi connectivity index (χ3n) is 4.91. The van der Waals surface area contributed by atoms with Gasteiger partial charge in [-0.25, -0.2) is 0 Å². The van der Waals surface area contributed by atoms with Gasteiger partial charge in [0.05, 0.1) is 6.10 Å². The zero-order valence-electron chi connectivity index (χ0n) is 14.3. The van der Waals surface area contributed by atoms with E-state index < -0.39 is 8.32 Å². The number of hydrogen-bond donors (Lipinski definition) is 0. The van der Waals surface area contributed by atoms with Gasteiger partial charge in [0, 0.05) is 0 Å². The molecule has 1 atom stereocenters. The topological polar surface area (TPSA) is 9.23 Å². The molecule has 0 N–H and O–H groups in total. The average Bonchev–Trinajstić information content (AvgIpc) is 2.64. The number of halogens is 1. The molecule has 0 fully saturated rings. The van der Waals surface area contributed by atoms with E-state index in [1.165, 1.54) is 49.4 Å². The van der Waals surface area contributed by atoms with Crippen LogP contribution in [0.4, 0.5) is 0 Å². The van der Waals surface area contributed by atoms with E-state index in [1.807, 2.05) is 0 Å². The summed E-state index contributed by atoms with van der Waals surface area (Å²) in [4.78, 5) is 0. The lowest BCUT2D eigenvalue weighted by atomic mass is 10.0. The summed E-state index contributed by atoms with van der Waals surface area (Å²) in [5.74, 6) is 0. The van der Waals surface area contributed by atoms with E-state index in [1.54, 1.807) is 5.57 Å². The molecule has 3 heteroatoms. The molecule has 0 aliphatic heterocycles. The van der Waals surface area contributed by atoms with Crippen LogP contribution < -0.4 is 0 Å². The average molecular weight is 361 g/mol. The second-order valence-corrected chi connectivity index (χ2v) is 13.4. The first-order chi connectivity index (χ1) is 9.19. The highest BCUT2D eigenvalue weighted by Crippen LogP contribution is 2.42. The Labute approximate surface area is 135 Å². The van der Waals surface area contributed by atoms with Gasteiger partial charge in [-0.05, 0) is 53.9 Å². The summed E-state index contributed by atoms with van der Waals surface area (Å²) in [6.45, 7) is 14.0. The van der Waals surface area contributed by atoms with E-state index in [4.69, 9.17) is 4.43 Å². The van der Waals surface area contributed by atoms with Crippen molar-refractivity contribution in [3.05, 3.63) is 10.1 Å². The number of allylic oxidation sites excluding steroid dienone is 1. The van der Waals surface area contributed by atoms with Crippen molar-refractivity contribution < 1.29 is 4.43 Å². The van der Waals surface area contributed by atoms with Crippen molar-refractivity contribution in [1.29, 1.82) is 0 Å². The maximum Gasteiger partial charge on any atom is 0.192 e. The molecule has 1 unspecified atom stereocenters. The van der Waals surface area contributed by atoms with Gasteiger partial charge in [-0.1, -0.05) is 62.9 Å². The number of rotatable bonds is 7. The molecule has 0 saturated carbocycles. The van der Waals surface area contributed by atoms with Crippen LogP contribution >= 0.6 is 15.9 Å². The minimum absolute atomic E-state index is 0.301. The fourth-order valence-electron chi connectivity index (χ4n) is 2.47. The predicted octanol–water partition coefficient (Wildman–Crippen LogP) is 6.79. The molecular formula is C17H33BrOSi. The van der Waals surface area contributed by atoms with Gasteiger partial charge in [0.2, 0.25) is 0 Å². The molecule has 1 aliphatic rings. The van der Waals surface area contributed by atoms with Crippen molar-refractivity contribution in [2.45, 2.75) is 96.9 Å². The Morgan fingerprint density at radius 1 is 1.20 bits per heavy atom. The Morgan fingerprint density at radius 3 is 2.40 bits per heavy atom. The normalized spacial score (nSPS) is 20.9. The molecule has 1 aliphatic carbocycles. The van der Waals surface area contributed by atoms with E-state index in [-0.39, 0.29) is 0 Å². The maximum absolute atomic E-state index is 6.65. The van der Waals surface area contributed by atoms with Gasteiger partial charge in [0.25, 0.3) is 0 Å². The smallest absolute Gasteiger partial charge is 0.192 e. The van der Waals surface area contributed by atoms with Crippen molar-refractivity contribution in [1.82, 2.24) is 0 Å². The zero-order valence-corrected chi connectivity index (χ0v) is 16.9. The van der Waals surface area contributed by atoms with Crippen molar-refractivity contribution in [2.75, 3.05) is 0 Å².